The van der Waals surface area contributed by atoms with Crippen LogP contribution in [-0.2, 0) is 15.8 Å². The standard InChI is InChI=1S/C12H17NO2S/c1-10(12-7-8-12)13-16(14,15)9-11-5-3-2-4-6-11/h2-6,10,12-13H,7-9H2,1H3/t10-/m1/s1. The van der Waals surface area contributed by atoms with Crippen LogP contribution in [-0.4, -0.2) is 14.5 Å². The maximum atomic E-state index is 11.8. The molecule has 1 aliphatic carbocycles. The highest BCUT2D eigenvalue weighted by Crippen LogP contribution is 2.32. The van der Waals surface area contributed by atoms with E-state index >= 15 is 0 Å². The summed E-state index contributed by atoms with van der Waals surface area (Å²) >= 11 is 0. The van der Waals surface area contributed by atoms with Gasteiger partial charge in [0, 0.05) is 6.04 Å². The summed E-state index contributed by atoms with van der Waals surface area (Å²) < 4.78 is 26.4. The van der Waals surface area contributed by atoms with E-state index in [1.165, 1.54) is 0 Å². The first kappa shape index (κ1) is 11.6. The van der Waals surface area contributed by atoms with Gasteiger partial charge in [-0.05, 0) is 31.2 Å². The predicted octanol–water partition coefficient (Wildman–Crippen LogP) is 1.90. The Balaban J connectivity index is 1.97. The molecule has 16 heavy (non-hydrogen) atoms. The summed E-state index contributed by atoms with van der Waals surface area (Å²) in [6.45, 7) is 1.94. The molecule has 0 radical (unpaired) electrons. The smallest absolute Gasteiger partial charge is 0.212 e. The zero-order valence-electron chi connectivity index (χ0n) is 9.39. The highest BCUT2D eigenvalue weighted by atomic mass is 32.2. The van der Waals surface area contributed by atoms with E-state index in [2.05, 4.69) is 4.72 Å². The second kappa shape index (κ2) is 4.55. The number of hydrogen-bond donors (Lipinski definition) is 1. The molecule has 4 heteroatoms. The van der Waals surface area contributed by atoms with Gasteiger partial charge in [0.25, 0.3) is 0 Å². The van der Waals surface area contributed by atoms with Crippen molar-refractivity contribution in [1.82, 2.24) is 4.72 Å². The molecule has 1 fully saturated rings. The fraction of sp³-hybridized carbons (Fsp3) is 0.500. The minimum atomic E-state index is -3.19. The van der Waals surface area contributed by atoms with E-state index in [1.54, 1.807) is 0 Å². The molecule has 0 aromatic heterocycles. The van der Waals surface area contributed by atoms with Gasteiger partial charge in [-0.15, -0.1) is 0 Å². The second-order valence-electron chi connectivity index (χ2n) is 4.49. The van der Waals surface area contributed by atoms with Gasteiger partial charge in [0.2, 0.25) is 10.0 Å². The van der Waals surface area contributed by atoms with E-state index in [0.717, 1.165) is 18.4 Å². The van der Waals surface area contributed by atoms with Crippen molar-refractivity contribution in [3.8, 4) is 0 Å². The maximum absolute atomic E-state index is 11.8. The quantitative estimate of drug-likeness (QED) is 0.853. The third-order valence-corrected chi connectivity index (χ3v) is 4.34. The topological polar surface area (TPSA) is 46.2 Å². The Morgan fingerprint density at radius 1 is 1.31 bits per heavy atom. The Morgan fingerprint density at radius 2 is 1.94 bits per heavy atom. The molecule has 1 aromatic rings. The van der Waals surface area contributed by atoms with Crippen LogP contribution < -0.4 is 4.72 Å². The summed E-state index contributed by atoms with van der Waals surface area (Å²) in [4.78, 5) is 0. The minimum absolute atomic E-state index is 0.0743. The minimum Gasteiger partial charge on any atom is -0.212 e. The lowest BCUT2D eigenvalue weighted by Gasteiger charge is -2.13. The van der Waals surface area contributed by atoms with Crippen LogP contribution in [0.1, 0.15) is 25.3 Å². The van der Waals surface area contributed by atoms with E-state index < -0.39 is 10.0 Å². The first-order valence-electron chi connectivity index (χ1n) is 5.61. The van der Waals surface area contributed by atoms with Crippen LogP contribution in [0.2, 0.25) is 0 Å². The summed E-state index contributed by atoms with van der Waals surface area (Å²) in [6.07, 6.45) is 2.30. The third-order valence-electron chi connectivity index (χ3n) is 2.89. The SMILES string of the molecule is C[C@@H](NS(=O)(=O)Cc1ccccc1)C1CC1. The van der Waals surface area contributed by atoms with Crippen LogP contribution in [0.15, 0.2) is 30.3 Å². The van der Waals surface area contributed by atoms with Gasteiger partial charge in [0.15, 0.2) is 0 Å². The molecule has 2 rings (SSSR count). The highest BCUT2D eigenvalue weighted by Gasteiger charge is 2.30. The predicted molar refractivity (Wildman–Crippen MR) is 64.4 cm³/mol. The van der Waals surface area contributed by atoms with Crippen molar-refractivity contribution >= 4 is 10.0 Å². The lowest BCUT2D eigenvalue weighted by molar-refractivity contribution is 0.537. The van der Waals surface area contributed by atoms with E-state index in [9.17, 15) is 8.42 Å². The Labute approximate surface area is 96.9 Å². The van der Waals surface area contributed by atoms with Crippen molar-refractivity contribution in [2.45, 2.75) is 31.6 Å². The van der Waals surface area contributed by atoms with Gasteiger partial charge < -0.3 is 0 Å². The first-order valence-corrected chi connectivity index (χ1v) is 7.26. The Morgan fingerprint density at radius 3 is 2.50 bits per heavy atom. The number of hydrogen-bond acceptors (Lipinski definition) is 2. The molecule has 0 spiro atoms. The largest absolute Gasteiger partial charge is 0.216 e. The fourth-order valence-corrected chi connectivity index (χ4v) is 3.28. The van der Waals surface area contributed by atoms with E-state index in [1.807, 2.05) is 37.3 Å². The summed E-state index contributed by atoms with van der Waals surface area (Å²) in [7, 11) is -3.19. The van der Waals surface area contributed by atoms with Crippen molar-refractivity contribution in [3.63, 3.8) is 0 Å². The summed E-state index contributed by atoms with van der Waals surface area (Å²) in [5.74, 6) is 0.621. The molecule has 0 unspecified atom stereocenters. The molecular weight excluding hydrogens is 222 g/mol. The molecule has 1 N–H and O–H groups in total. The molecule has 0 saturated heterocycles. The maximum Gasteiger partial charge on any atom is 0.216 e. The average molecular weight is 239 g/mol. The number of nitrogens with one attached hydrogen (secondary N) is 1. The Kier molecular flexibility index (Phi) is 3.30. The van der Waals surface area contributed by atoms with Gasteiger partial charge in [-0.25, -0.2) is 13.1 Å². The molecule has 1 atom stereocenters. The fourth-order valence-electron chi connectivity index (χ4n) is 1.81. The van der Waals surface area contributed by atoms with Crippen LogP contribution in [0.5, 0.6) is 0 Å². The van der Waals surface area contributed by atoms with Crippen molar-refractivity contribution in [2.24, 2.45) is 5.92 Å². The van der Waals surface area contributed by atoms with Crippen LogP contribution >= 0.6 is 0 Å². The van der Waals surface area contributed by atoms with Gasteiger partial charge in [0.05, 0.1) is 5.75 Å². The first-order chi connectivity index (χ1) is 7.57. The molecule has 0 bridgehead atoms. The van der Waals surface area contributed by atoms with Gasteiger partial charge >= 0.3 is 0 Å². The Bertz CT molecular complexity index is 437. The Hall–Kier alpha value is -0.870. The van der Waals surface area contributed by atoms with Gasteiger partial charge in [-0.2, -0.15) is 0 Å². The van der Waals surface area contributed by atoms with Crippen LogP contribution in [0.25, 0.3) is 0 Å². The van der Waals surface area contributed by atoms with Crippen molar-refractivity contribution in [1.29, 1.82) is 0 Å². The van der Waals surface area contributed by atoms with Crippen molar-refractivity contribution in [3.05, 3.63) is 35.9 Å². The van der Waals surface area contributed by atoms with E-state index in [-0.39, 0.29) is 11.8 Å². The van der Waals surface area contributed by atoms with Crippen LogP contribution in [0, 0.1) is 5.92 Å². The summed E-state index contributed by atoms with van der Waals surface area (Å²) in [5.41, 5.74) is 0.831. The normalized spacial score (nSPS) is 18.3. The second-order valence-corrected chi connectivity index (χ2v) is 6.24. The number of rotatable bonds is 5. The van der Waals surface area contributed by atoms with E-state index in [0.29, 0.717) is 5.92 Å². The monoisotopic (exact) mass is 239 g/mol. The third kappa shape index (κ3) is 3.32. The van der Waals surface area contributed by atoms with E-state index in [4.69, 9.17) is 0 Å². The van der Waals surface area contributed by atoms with Crippen molar-refractivity contribution in [2.75, 3.05) is 0 Å². The highest BCUT2D eigenvalue weighted by molar-refractivity contribution is 7.88. The number of sulfonamides is 1. The molecule has 88 valence electrons. The molecule has 1 saturated carbocycles. The lowest BCUT2D eigenvalue weighted by atomic mass is 10.2. The van der Waals surface area contributed by atoms with Crippen molar-refractivity contribution < 1.29 is 8.42 Å². The van der Waals surface area contributed by atoms with Crippen LogP contribution in [0.3, 0.4) is 0 Å². The molecule has 0 aliphatic heterocycles. The van der Waals surface area contributed by atoms with Gasteiger partial charge in [0.1, 0.15) is 0 Å². The molecule has 0 amide bonds. The summed E-state index contributed by atoms with van der Waals surface area (Å²) in [6, 6.07) is 9.34. The lowest BCUT2D eigenvalue weighted by Crippen LogP contribution is -2.34. The molecule has 1 aliphatic rings. The summed E-state index contributed by atoms with van der Waals surface area (Å²) in [5, 5.41) is 0. The number of benzene rings is 1. The van der Waals surface area contributed by atoms with Gasteiger partial charge in [-0.3, -0.25) is 0 Å². The molecular formula is C12H17NO2S. The van der Waals surface area contributed by atoms with Crippen LogP contribution in [0.4, 0.5) is 0 Å². The molecule has 1 aromatic carbocycles. The zero-order chi connectivity index (χ0) is 11.6. The molecule has 0 heterocycles. The zero-order valence-corrected chi connectivity index (χ0v) is 10.2. The van der Waals surface area contributed by atoms with Gasteiger partial charge in [-0.1, -0.05) is 30.3 Å². The average Bonchev–Trinajstić information content (AvgIpc) is 3.00. The molecule has 3 nitrogen and oxygen atoms in total.